The van der Waals surface area contributed by atoms with E-state index in [1.165, 1.54) is 24.3 Å². The van der Waals surface area contributed by atoms with Crippen molar-refractivity contribution in [2.75, 3.05) is 13.2 Å². The van der Waals surface area contributed by atoms with Gasteiger partial charge in [-0.3, -0.25) is 24.6 Å². The van der Waals surface area contributed by atoms with Crippen LogP contribution in [0.1, 0.15) is 5.56 Å². The molecule has 142 valence electrons. The van der Waals surface area contributed by atoms with E-state index in [1.807, 2.05) is 18.2 Å². The molecule has 0 aliphatic carbocycles. The summed E-state index contributed by atoms with van der Waals surface area (Å²) in [6.07, 6.45) is 4.55. The van der Waals surface area contributed by atoms with Gasteiger partial charge in [-0.25, -0.2) is 0 Å². The number of carbonyl (C=O) groups excluding carboxylic acids is 2. The summed E-state index contributed by atoms with van der Waals surface area (Å²) in [6, 6.07) is 15.4. The van der Waals surface area contributed by atoms with E-state index in [9.17, 15) is 19.7 Å². The number of hydrogen-bond donors (Lipinski definition) is 0. The molecule has 2 amide bonds. The van der Waals surface area contributed by atoms with Gasteiger partial charge < -0.3 is 4.74 Å². The number of para-hydroxylation sites is 2. The number of thioether (sulfide) groups is 1. The maximum absolute atomic E-state index is 12.4. The second-order valence-electron chi connectivity index (χ2n) is 5.69. The Kier molecular flexibility index (Phi) is 6.23. The molecule has 28 heavy (non-hydrogen) atoms. The normalized spacial score (nSPS) is 15.6. The summed E-state index contributed by atoms with van der Waals surface area (Å²) >= 11 is 0.832. The van der Waals surface area contributed by atoms with Crippen molar-refractivity contribution in [1.29, 1.82) is 0 Å². The van der Waals surface area contributed by atoms with Crippen molar-refractivity contribution >= 4 is 34.7 Å². The van der Waals surface area contributed by atoms with Gasteiger partial charge in [-0.2, -0.15) is 0 Å². The monoisotopic (exact) mass is 396 g/mol. The van der Waals surface area contributed by atoms with Crippen LogP contribution in [-0.2, 0) is 4.79 Å². The average molecular weight is 396 g/mol. The highest BCUT2D eigenvalue weighted by Gasteiger charge is 2.34. The summed E-state index contributed by atoms with van der Waals surface area (Å²) < 4.78 is 5.52. The van der Waals surface area contributed by atoms with Crippen LogP contribution in [-0.4, -0.2) is 34.1 Å². The van der Waals surface area contributed by atoms with E-state index in [0.29, 0.717) is 11.3 Å². The second-order valence-corrected chi connectivity index (χ2v) is 6.69. The van der Waals surface area contributed by atoms with E-state index in [4.69, 9.17) is 4.74 Å². The molecule has 0 N–H and O–H groups in total. The smallest absolute Gasteiger partial charge is 0.293 e. The fourth-order valence-corrected chi connectivity index (χ4v) is 3.33. The number of amides is 2. The zero-order chi connectivity index (χ0) is 19.9. The molecular weight excluding hydrogens is 380 g/mol. The van der Waals surface area contributed by atoms with Crippen LogP contribution in [0, 0.1) is 10.1 Å². The number of carbonyl (C=O) groups is 2. The van der Waals surface area contributed by atoms with E-state index >= 15 is 0 Å². The van der Waals surface area contributed by atoms with Gasteiger partial charge in [0.05, 0.1) is 21.9 Å². The molecule has 0 unspecified atom stereocenters. The van der Waals surface area contributed by atoms with Crippen molar-refractivity contribution in [2.24, 2.45) is 0 Å². The lowest BCUT2D eigenvalue weighted by atomic mass is 10.1. The SMILES string of the molecule is O=C1S/C(=C\C=C\c2ccccc2[N+](=O)[O-])C(=O)N1CCOc1ccccc1. The zero-order valence-corrected chi connectivity index (χ0v) is 15.5. The Morgan fingerprint density at radius 1 is 1.07 bits per heavy atom. The van der Waals surface area contributed by atoms with Crippen molar-refractivity contribution < 1.29 is 19.2 Å². The lowest BCUT2D eigenvalue weighted by Crippen LogP contribution is -2.32. The summed E-state index contributed by atoms with van der Waals surface area (Å²) in [7, 11) is 0. The van der Waals surface area contributed by atoms with Gasteiger partial charge in [0, 0.05) is 6.07 Å². The van der Waals surface area contributed by atoms with E-state index in [1.54, 1.807) is 30.3 Å². The third-order valence-corrected chi connectivity index (χ3v) is 4.78. The van der Waals surface area contributed by atoms with Crippen molar-refractivity contribution in [1.82, 2.24) is 4.90 Å². The number of nitro groups is 1. The molecule has 1 fully saturated rings. The largest absolute Gasteiger partial charge is 0.492 e. The number of nitrogens with zero attached hydrogens (tertiary/aromatic N) is 2. The summed E-state index contributed by atoms with van der Waals surface area (Å²) in [4.78, 5) is 36.4. The molecule has 0 aromatic heterocycles. The van der Waals surface area contributed by atoms with Crippen LogP contribution in [0.25, 0.3) is 6.08 Å². The minimum Gasteiger partial charge on any atom is -0.492 e. The van der Waals surface area contributed by atoms with E-state index in [-0.39, 0.29) is 29.0 Å². The highest BCUT2D eigenvalue weighted by atomic mass is 32.2. The van der Waals surface area contributed by atoms with Gasteiger partial charge in [0.2, 0.25) is 0 Å². The minimum atomic E-state index is -0.472. The Balaban J connectivity index is 1.62. The van der Waals surface area contributed by atoms with Crippen LogP contribution in [0.5, 0.6) is 5.75 Å². The Morgan fingerprint density at radius 3 is 2.54 bits per heavy atom. The first kappa shape index (κ1) is 19.4. The van der Waals surface area contributed by atoms with Gasteiger partial charge in [-0.15, -0.1) is 0 Å². The van der Waals surface area contributed by atoms with Crippen LogP contribution in [0.2, 0.25) is 0 Å². The molecule has 1 aliphatic heterocycles. The van der Waals surface area contributed by atoms with Crippen LogP contribution in [0.15, 0.2) is 71.7 Å². The number of ether oxygens (including phenoxy) is 1. The highest BCUT2D eigenvalue weighted by molar-refractivity contribution is 8.18. The lowest BCUT2D eigenvalue weighted by molar-refractivity contribution is -0.385. The molecule has 2 aromatic rings. The molecule has 0 bridgehead atoms. The maximum atomic E-state index is 12.4. The number of allylic oxidation sites excluding steroid dienone is 2. The molecular formula is C20H16N2O5S. The van der Waals surface area contributed by atoms with Gasteiger partial charge in [-0.1, -0.05) is 36.4 Å². The number of benzene rings is 2. The molecule has 7 nitrogen and oxygen atoms in total. The molecule has 1 aliphatic rings. The van der Waals surface area contributed by atoms with Crippen LogP contribution >= 0.6 is 11.8 Å². The summed E-state index contributed by atoms with van der Waals surface area (Å²) in [5.41, 5.74) is 0.387. The molecule has 1 saturated heterocycles. The van der Waals surface area contributed by atoms with Gasteiger partial charge in [0.25, 0.3) is 16.8 Å². The van der Waals surface area contributed by atoms with Gasteiger partial charge in [0.15, 0.2) is 0 Å². The molecule has 1 heterocycles. The predicted molar refractivity (Wildman–Crippen MR) is 107 cm³/mol. The first-order valence-electron chi connectivity index (χ1n) is 8.39. The van der Waals surface area contributed by atoms with Gasteiger partial charge >= 0.3 is 0 Å². The quantitative estimate of drug-likeness (QED) is 0.394. The first-order valence-corrected chi connectivity index (χ1v) is 9.21. The van der Waals surface area contributed by atoms with E-state index in [2.05, 4.69) is 0 Å². The predicted octanol–water partition coefficient (Wildman–Crippen LogP) is 4.27. The van der Waals surface area contributed by atoms with Gasteiger partial charge in [-0.05, 0) is 42.1 Å². The Morgan fingerprint density at radius 2 is 1.79 bits per heavy atom. The Hall–Kier alpha value is -3.39. The van der Waals surface area contributed by atoms with Crippen LogP contribution in [0.4, 0.5) is 10.5 Å². The summed E-state index contributed by atoms with van der Waals surface area (Å²) in [5, 5.41) is 10.6. The third kappa shape index (κ3) is 4.66. The summed E-state index contributed by atoms with van der Waals surface area (Å²) in [5.74, 6) is 0.260. The summed E-state index contributed by atoms with van der Waals surface area (Å²) in [6.45, 7) is 0.339. The topological polar surface area (TPSA) is 89.8 Å². The van der Waals surface area contributed by atoms with Gasteiger partial charge in [0.1, 0.15) is 12.4 Å². The first-order chi connectivity index (χ1) is 13.6. The Labute approximate surface area is 165 Å². The number of rotatable bonds is 7. The number of hydrogen-bond acceptors (Lipinski definition) is 6. The fourth-order valence-electron chi connectivity index (χ4n) is 2.51. The highest BCUT2D eigenvalue weighted by Crippen LogP contribution is 2.30. The molecule has 0 atom stereocenters. The molecule has 0 radical (unpaired) electrons. The second kappa shape index (κ2) is 9.01. The van der Waals surface area contributed by atoms with E-state index < -0.39 is 10.8 Å². The molecule has 8 heteroatoms. The lowest BCUT2D eigenvalue weighted by Gasteiger charge is -2.13. The average Bonchev–Trinajstić information content (AvgIpc) is 2.96. The number of nitro benzene ring substituents is 1. The Bertz CT molecular complexity index is 956. The van der Waals surface area contributed by atoms with Crippen molar-refractivity contribution in [3.8, 4) is 5.75 Å². The van der Waals surface area contributed by atoms with Crippen molar-refractivity contribution in [2.45, 2.75) is 0 Å². The van der Waals surface area contributed by atoms with Crippen molar-refractivity contribution in [3.63, 3.8) is 0 Å². The maximum Gasteiger partial charge on any atom is 0.293 e. The fraction of sp³-hybridized carbons (Fsp3) is 0.100. The number of imide groups is 1. The molecule has 0 spiro atoms. The molecule has 0 saturated carbocycles. The standard InChI is InChI=1S/C20H16N2O5S/c23-19-18(12-6-8-15-7-4-5-11-17(15)22(25)26)28-20(24)21(19)13-14-27-16-9-2-1-3-10-16/h1-12H,13-14H2/b8-6+,18-12-. The minimum absolute atomic E-state index is 0.0293. The third-order valence-electron chi connectivity index (χ3n) is 3.86. The zero-order valence-electron chi connectivity index (χ0n) is 14.7. The van der Waals surface area contributed by atoms with Crippen LogP contribution < -0.4 is 4.74 Å². The van der Waals surface area contributed by atoms with Crippen LogP contribution in [0.3, 0.4) is 0 Å². The van der Waals surface area contributed by atoms with E-state index in [0.717, 1.165) is 16.7 Å². The molecule has 3 rings (SSSR count). The van der Waals surface area contributed by atoms with Crippen molar-refractivity contribution in [3.05, 3.63) is 87.3 Å². The molecule has 2 aromatic carbocycles.